The molecule has 0 saturated carbocycles. The van der Waals surface area contributed by atoms with E-state index >= 15 is 0 Å². The number of aliphatic hydroxyl groups excluding tert-OH is 2. The fourth-order valence-electron chi connectivity index (χ4n) is 2.06. The van der Waals surface area contributed by atoms with Crippen LogP contribution in [-0.2, 0) is 4.79 Å². The Morgan fingerprint density at radius 2 is 2.05 bits per heavy atom. The molecule has 1 amide bonds. The van der Waals surface area contributed by atoms with Crippen LogP contribution in [-0.4, -0.2) is 33.8 Å². The van der Waals surface area contributed by atoms with E-state index in [1.165, 1.54) is 6.20 Å². The van der Waals surface area contributed by atoms with Crippen molar-refractivity contribution in [1.82, 2.24) is 4.98 Å². The quantitative estimate of drug-likeness (QED) is 0.596. The maximum atomic E-state index is 12.2. The van der Waals surface area contributed by atoms with Crippen LogP contribution in [0.4, 0.5) is 5.69 Å². The fraction of sp³-hybridized carbons (Fsp3) is 0.333. The molecule has 6 nitrogen and oxygen atoms in total. The van der Waals surface area contributed by atoms with Crippen LogP contribution in [0.5, 0.6) is 0 Å². The average molecular weight is 290 g/mol. The van der Waals surface area contributed by atoms with Gasteiger partial charge >= 0.3 is 0 Å². The summed E-state index contributed by atoms with van der Waals surface area (Å²) in [4.78, 5) is 26.9. The van der Waals surface area contributed by atoms with Crippen molar-refractivity contribution in [3.63, 3.8) is 0 Å². The lowest BCUT2D eigenvalue weighted by Crippen LogP contribution is -2.29. The standard InChI is InChI=1S/C15H18N2O4/c18-8-4-3-7-13(19)15(21)17-12-9-16-11-6-2-1-5-10(11)14(12)20/h1-2,5-6,9,13,18-19H,3-4,7-8H2,(H,16,20)(H,17,21). The van der Waals surface area contributed by atoms with Gasteiger partial charge in [0.2, 0.25) is 5.43 Å². The number of rotatable bonds is 6. The van der Waals surface area contributed by atoms with Crippen molar-refractivity contribution >= 4 is 22.5 Å². The molecule has 1 unspecified atom stereocenters. The second kappa shape index (κ2) is 7.01. The highest BCUT2D eigenvalue weighted by atomic mass is 16.3. The molecule has 1 atom stereocenters. The molecule has 0 radical (unpaired) electrons. The minimum atomic E-state index is -1.19. The molecule has 2 aromatic rings. The monoisotopic (exact) mass is 290 g/mol. The summed E-state index contributed by atoms with van der Waals surface area (Å²) in [6, 6.07) is 6.99. The first-order valence-electron chi connectivity index (χ1n) is 6.83. The van der Waals surface area contributed by atoms with E-state index in [1.807, 2.05) is 0 Å². The molecule has 0 spiro atoms. The van der Waals surface area contributed by atoms with E-state index in [0.717, 1.165) is 0 Å². The van der Waals surface area contributed by atoms with Crippen LogP contribution in [0.25, 0.3) is 10.9 Å². The lowest BCUT2D eigenvalue weighted by molar-refractivity contribution is -0.124. The summed E-state index contributed by atoms with van der Waals surface area (Å²) in [7, 11) is 0. The van der Waals surface area contributed by atoms with Gasteiger partial charge < -0.3 is 20.5 Å². The zero-order valence-corrected chi connectivity index (χ0v) is 11.5. The van der Waals surface area contributed by atoms with Crippen LogP contribution in [0.2, 0.25) is 0 Å². The van der Waals surface area contributed by atoms with Crippen molar-refractivity contribution in [1.29, 1.82) is 0 Å². The Hall–Kier alpha value is -2.18. The van der Waals surface area contributed by atoms with Gasteiger partial charge in [0, 0.05) is 23.7 Å². The molecule has 0 saturated heterocycles. The number of H-pyrrole nitrogens is 1. The number of aliphatic hydroxyl groups is 2. The third-order valence-electron chi connectivity index (χ3n) is 3.23. The predicted octanol–water partition coefficient (Wildman–Crippen LogP) is 0.990. The van der Waals surface area contributed by atoms with Crippen LogP contribution < -0.4 is 10.7 Å². The molecule has 0 aliphatic heterocycles. The van der Waals surface area contributed by atoms with Crippen molar-refractivity contribution in [2.45, 2.75) is 25.4 Å². The zero-order chi connectivity index (χ0) is 15.2. The summed E-state index contributed by atoms with van der Waals surface area (Å²) >= 11 is 0. The predicted molar refractivity (Wildman–Crippen MR) is 80.1 cm³/mol. The highest BCUT2D eigenvalue weighted by Gasteiger charge is 2.16. The summed E-state index contributed by atoms with van der Waals surface area (Å²) in [5.74, 6) is -0.617. The highest BCUT2D eigenvalue weighted by Crippen LogP contribution is 2.10. The Bertz CT molecular complexity index is 681. The molecule has 2 rings (SSSR count). The summed E-state index contributed by atoms with van der Waals surface area (Å²) in [6.45, 7) is 0.0265. The van der Waals surface area contributed by atoms with Gasteiger partial charge in [0.25, 0.3) is 5.91 Å². The normalized spacial score (nSPS) is 12.3. The smallest absolute Gasteiger partial charge is 0.253 e. The molecule has 4 N–H and O–H groups in total. The van der Waals surface area contributed by atoms with Gasteiger partial charge in [-0.05, 0) is 31.4 Å². The van der Waals surface area contributed by atoms with E-state index in [9.17, 15) is 14.7 Å². The number of para-hydroxylation sites is 1. The first kappa shape index (κ1) is 15.2. The van der Waals surface area contributed by atoms with Crippen molar-refractivity contribution in [2.24, 2.45) is 0 Å². The van der Waals surface area contributed by atoms with Crippen LogP contribution in [0.3, 0.4) is 0 Å². The Morgan fingerprint density at radius 1 is 1.29 bits per heavy atom. The van der Waals surface area contributed by atoms with Crippen LogP contribution in [0.1, 0.15) is 19.3 Å². The first-order chi connectivity index (χ1) is 10.1. The SMILES string of the molecule is O=C(Nc1c[nH]c2ccccc2c1=O)C(O)CCCCO. The molecule has 112 valence electrons. The minimum absolute atomic E-state index is 0.0265. The molecule has 0 bridgehead atoms. The third kappa shape index (κ3) is 3.68. The van der Waals surface area contributed by atoms with Gasteiger partial charge in [-0.2, -0.15) is 0 Å². The van der Waals surface area contributed by atoms with E-state index in [0.29, 0.717) is 23.7 Å². The Kier molecular flexibility index (Phi) is 5.08. The Balaban J connectivity index is 2.11. The van der Waals surface area contributed by atoms with E-state index in [4.69, 9.17) is 5.11 Å². The number of fused-ring (bicyclic) bond motifs is 1. The first-order valence-corrected chi connectivity index (χ1v) is 6.83. The topological polar surface area (TPSA) is 102 Å². The van der Waals surface area contributed by atoms with Crippen LogP contribution >= 0.6 is 0 Å². The second-order valence-corrected chi connectivity index (χ2v) is 4.80. The molecular weight excluding hydrogens is 272 g/mol. The number of unbranched alkanes of at least 4 members (excludes halogenated alkanes) is 1. The van der Waals surface area contributed by atoms with Gasteiger partial charge in [-0.15, -0.1) is 0 Å². The number of aromatic amines is 1. The maximum Gasteiger partial charge on any atom is 0.253 e. The molecule has 1 aromatic heterocycles. The lowest BCUT2D eigenvalue weighted by atomic mass is 10.1. The third-order valence-corrected chi connectivity index (χ3v) is 3.23. The number of amides is 1. The van der Waals surface area contributed by atoms with Gasteiger partial charge in [-0.1, -0.05) is 12.1 Å². The lowest BCUT2D eigenvalue weighted by Gasteiger charge is -2.11. The fourth-order valence-corrected chi connectivity index (χ4v) is 2.06. The summed E-state index contributed by atoms with van der Waals surface area (Å²) in [6.07, 6.45) is 1.54. The molecule has 21 heavy (non-hydrogen) atoms. The van der Waals surface area contributed by atoms with E-state index in [2.05, 4.69) is 10.3 Å². The van der Waals surface area contributed by atoms with Crippen LogP contribution in [0, 0.1) is 0 Å². The number of carbonyl (C=O) groups is 1. The van der Waals surface area contributed by atoms with E-state index in [-0.39, 0.29) is 24.1 Å². The number of pyridine rings is 1. The number of benzene rings is 1. The second-order valence-electron chi connectivity index (χ2n) is 4.80. The molecule has 1 aromatic carbocycles. The number of nitrogens with one attached hydrogen (secondary N) is 2. The van der Waals surface area contributed by atoms with Crippen molar-refractivity contribution in [3.8, 4) is 0 Å². The number of hydrogen-bond acceptors (Lipinski definition) is 4. The maximum absolute atomic E-state index is 12.2. The summed E-state index contributed by atoms with van der Waals surface area (Å²) in [5, 5.41) is 21.3. The van der Waals surface area contributed by atoms with E-state index < -0.39 is 12.0 Å². The number of anilines is 1. The largest absolute Gasteiger partial charge is 0.396 e. The average Bonchev–Trinajstić information content (AvgIpc) is 2.50. The van der Waals surface area contributed by atoms with Gasteiger partial charge in [-0.25, -0.2) is 0 Å². The van der Waals surface area contributed by atoms with Gasteiger partial charge in [0.05, 0.1) is 0 Å². The van der Waals surface area contributed by atoms with Crippen molar-refractivity contribution < 1.29 is 15.0 Å². The summed E-state index contributed by atoms with van der Waals surface area (Å²) in [5.41, 5.74) is 0.504. The Morgan fingerprint density at radius 3 is 2.81 bits per heavy atom. The highest BCUT2D eigenvalue weighted by molar-refractivity contribution is 5.95. The molecule has 1 heterocycles. The molecule has 0 fully saturated rings. The molecule has 0 aliphatic carbocycles. The Labute approximate surface area is 121 Å². The van der Waals surface area contributed by atoms with E-state index in [1.54, 1.807) is 24.3 Å². The molecular formula is C15H18N2O4. The zero-order valence-electron chi connectivity index (χ0n) is 11.5. The van der Waals surface area contributed by atoms with Gasteiger partial charge in [-0.3, -0.25) is 9.59 Å². The molecule has 0 aliphatic rings. The molecule has 6 heteroatoms. The van der Waals surface area contributed by atoms with Gasteiger partial charge in [0.1, 0.15) is 11.8 Å². The van der Waals surface area contributed by atoms with Crippen molar-refractivity contribution in [3.05, 3.63) is 40.7 Å². The number of aromatic nitrogens is 1. The van der Waals surface area contributed by atoms with Crippen LogP contribution in [0.15, 0.2) is 35.3 Å². The van der Waals surface area contributed by atoms with Crippen molar-refractivity contribution in [2.75, 3.05) is 11.9 Å². The number of hydrogen-bond donors (Lipinski definition) is 4. The van der Waals surface area contributed by atoms with Gasteiger partial charge in [0.15, 0.2) is 0 Å². The summed E-state index contributed by atoms with van der Waals surface area (Å²) < 4.78 is 0. The minimum Gasteiger partial charge on any atom is -0.396 e. The number of carbonyl (C=O) groups excluding carboxylic acids is 1.